The van der Waals surface area contributed by atoms with E-state index in [1.807, 2.05) is 12.1 Å². The van der Waals surface area contributed by atoms with Gasteiger partial charge in [0.2, 0.25) is 0 Å². The van der Waals surface area contributed by atoms with Crippen LogP contribution in [0.25, 0.3) is 0 Å². The Morgan fingerprint density at radius 1 is 1.21 bits per heavy atom. The summed E-state index contributed by atoms with van der Waals surface area (Å²) in [6.07, 6.45) is 1.14. The molecule has 0 amide bonds. The molecule has 0 spiro atoms. The van der Waals surface area contributed by atoms with Crippen molar-refractivity contribution in [3.05, 3.63) is 29.8 Å². The number of methoxy groups -OCH3 is 2. The zero-order valence-electron chi connectivity index (χ0n) is 12.3. The summed E-state index contributed by atoms with van der Waals surface area (Å²) in [4.78, 5) is 2.33. The monoisotopic (exact) mass is 266 g/mol. The number of hydrogen-bond acceptors (Lipinski definition) is 4. The number of nitrogens with one attached hydrogen (secondary N) is 1. The Morgan fingerprint density at radius 2 is 2.05 bits per heavy atom. The Bertz CT molecular complexity index is 345. The van der Waals surface area contributed by atoms with Gasteiger partial charge < -0.3 is 19.7 Å². The van der Waals surface area contributed by atoms with Crippen LogP contribution in [0, 0.1) is 0 Å². The second kappa shape index (κ2) is 9.78. The van der Waals surface area contributed by atoms with Crippen molar-refractivity contribution >= 4 is 0 Å². The van der Waals surface area contributed by atoms with Gasteiger partial charge in [-0.25, -0.2) is 0 Å². The second-order valence-electron chi connectivity index (χ2n) is 4.69. The van der Waals surface area contributed by atoms with Crippen LogP contribution in [0.2, 0.25) is 0 Å². The van der Waals surface area contributed by atoms with Gasteiger partial charge in [-0.2, -0.15) is 0 Å². The van der Waals surface area contributed by atoms with Crippen LogP contribution in [0.1, 0.15) is 12.0 Å². The lowest BCUT2D eigenvalue weighted by Gasteiger charge is -2.17. The molecule has 108 valence electrons. The molecule has 0 saturated heterocycles. The third-order valence-corrected chi connectivity index (χ3v) is 2.96. The molecule has 1 rings (SSSR count). The first-order chi connectivity index (χ1) is 9.26. The number of rotatable bonds is 10. The smallest absolute Gasteiger partial charge is 0.119 e. The molecule has 0 fully saturated rings. The fraction of sp³-hybridized carbons (Fsp3) is 0.600. The quantitative estimate of drug-likeness (QED) is 0.654. The Balaban J connectivity index is 2.17. The molecule has 0 aliphatic rings. The van der Waals surface area contributed by atoms with Gasteiger partial charge in [-0.3, -0.25) is 0 Å². The summed E-state index contributed by atoms with van der Waals surface area (Å²) >= 11 is 0. The molecule has 0 bridgehead atoms. The molecule has 0 unspecified atom stereocenters. The van der Waals surface area contributed by atoms with Crippen molar-refractivity contribution in [2.24, 2.45) is 0 Å². The van der Waals surface area contributed by atoms with E-state index in [4.69, 9.17) is 9.47 Å². The summed E-state index contributed by atoms with van der Waals surface area (Å²) in [6.45, 7) is 4.77. The van der Waals surface area contributed by atoms with E-state index in [1.54, 1.807) is 14.2 Å². The molecule has 4 nitrogen and oxygen atoms in total. The first-order valence-corrected chi connectivity index (χ1v) is 6.77. The predicted octanol–water partition coefficient (Wildman–Crippen LogP) is 1.75. The van der Waals surface area contributed by atoms with E-state index in [1.165, 1.54) is 5.56 Å². The van der Waals surface area contributed by atoms with Crippen molar-refractivity contribution in [3.63, 3.8) is 0 Å². The predicted molar refractivity (Wildman–Crippen MR) is 78.7 cm³/mol. The topological polar surface area (TPSA) is 33.7 Å². The van der Waals surface area contributed by atoms with Crippen LogP contribution in [0.3, 0.4) is 0 Å². The maximum Gasteiger partial charge on any atom is 0.119 e. The van der Waals surface area contributed by atoms with E-state index in [2.05, 4.69) is 29.4 Å². The van der Waals surface area contributed by atoms with E-state index < -0.39 is 0 Å². The number of hydrogen-bond donors (Lipinski definition) is 1. The highest BCUT2D eigenvalue weighted by atomic mass is 16.5. The minimum Gasteiger partial charge on any atom is -0.497 e. The van der Waals surface area contributed by atoms with Gasteiger partial charge in [0.1, 0.15) is 5.75 Å². The summed E-state index contributed by atoms with van der Waals surface area (Å²) < 4.78 is 10.2. The van der Waals surface area contributed by atoms with Crippen molar-refractivity contribution in [1.82, 2.24) is 10.2 Å². The highest BCUT2D eigenvalue weighted by molar-refractivity contribution is 5.28. The van der Waals surface area contributed by atoms with Crippen LogP contribution >= 0.6 is 0 Å². The standard InChI is InChI=1S/C15H26N2O2/c1-17(10-5-8-16-9-11-18-2)13-14-6-4-7-15(12-14)19-3/h4,6-7,12,16H,5,8-11,13H2,1-3H3. The Hall–Kier alpha value is -1.10. The highest BCUT2D eigenvalue weighted by Gasteiger charge is 2.01. The Morgan fingerprint density at radius 3 is 2.79 bits per heavy atom. The van der Waals surface area contributed by atoms with Crippen LogP contribution in [0.5, 0.6) is 5.75 Å². The number of ether oxygens (including phenoxy) is 2. The fourth-order valence-electron chi connectivity index (χ4n) is 1.93. The summed E-state index contributed by atoms with van der Waals surface area (Å²) in [5, 5.41) is 3.35. The van der Waals surface area contributed by atoms with Crippen LogP contribution in [0.4, 0.5) is 0 Å². The van der Waals surface area contributed by atoms with E-state index in [0.29, 0.717) is 0 Å². The summed E-state index contributed by atoms with van der Waals surface area (Å²) in [7, 11) is 5.58. The van der Waals surface area contributed by atoms with Gasteiger partial charge in [0.25, 0.3) is 0 Å². The first-order valence-electron chi connectivity index (χ1n) is 6.77. The molecule has 0 atom stereocenters. The molecule has 1 aromatic carbocycles. The zero-order chi connectivity index (χ0) is 13.9. The maximum atomic E-state index is 5.23. The first kappa shape index (κ1) is 16.0. The Kier molecular flexibility index (Phi) is 8.21. The van der Waals surface area contributed by atoms with Crippen LogP contribution in [-0.4, -0.2) is 52.4 Å². The van der Waals surface area contributed by atoms with Gasteiger partial charge in [-0.1, -0.05) is 12.1 Å². The van der Waals surface area contributed by atoms with Crippen molar-refractivity contribution in [2.45, 2.75) is 13.0 Å². The minimum absolute atomic E-state index is 0.777. The molecule has 19 heavy (non-hydrogen) atoms. The van der Waals surface area contributed by atoms with E-state index >= 15 is 0 Å². The summed E-state index contributed by atoms with van der Waals surface area (Å²) in [5.41, 5.74) is 1.29. The van der Waals surface area contributed by atoms with Gasteiger partial charge in [-0.05, 0) is 44.3 Å². The molecule has 4 heteroatoms. The minimum atomic E-state index is 0.777. The fourth-order valence-corrected chi connectivity index (χ4v) is 1.93. The molecule has 1 N–H and O–H groups in total. The average molecular weight is 266 g/mol. The largest absolute Gasteiger partial charge is 0.497 e. The number of benzene rings is 1. The molecule has 0 saturated carbocycles. The molecular weight excluding hydrogens is 240 g/mol. The normalized spacial score (nSPS) is 10.9. The van der Waals surface area contributed by atoms with Gasteiger partial charge in [0, 0.05) is 20.2 Å². The van der Waals surface area contributed by atoms with Crippen LogP contribution in [0.15, 0.2) is 24.3 Å². The van der Waals surface area contributed by atoms with E-state index in [-0.39, 0.29) is 0 Å². The molecule has 0 aromatic heterocycles. The van der Waals surface area contributed by atoms with E-state index in [9.17, 15) is 0 Å². The molecular formula is C15H26N2O2. The zero-order valence-corrected chi connectivity index (χ0v) is 12.3. The molecule has 1 aromatic rings. The SMILES string of the molecule is COCCNCCCN(C)Cc1cccc(OC)c1. The van der Waals surface area contributed by atoms with Crippen LogP contribution < -0.4 is 10.1 Å². The lowest BCUT2D eigenvalue weighted by molar-refractivity contribution is 0.198. The lowest BCUT2D eigenvalue weighted by Crippen LogP contribution is -2.25. The second-order valence-corrected chi connectivity index (χ2v) is 4.69. The third-order valence-electron chi connectivity index (χ3n) is 2.96. The van der Waals surface area contributed by atoms with Crippen molar-refractivity contribution < 1.29 is 9.47 Å². The van der Waals surface area contributed by atoms with Crippen molar-refractivity contribution in [2.75, 3.05) is 47.5 Å². The highest BCUT2D eigenvalue weighted by Crippen LogP contribution is 2.13. The maximum absolute atomic E-state index is 5.23. The third kappa shape index (κ3) is 7.15. The molecule has 0 aliphatic heterocycles. The molecule has 0 radical (unpaired) electrons. The molecule has 0 aliphatic carbocycles. The van der Waals surface area contributed by atoms with Crippen molar-refractivity contribution in [1.29, 1.82) is 0 Å². The van der Waals surface area contributed by atoms with Gasteiger partial charge in [0.15, 0.2) is 0 Å². The van der Waals surface area contributed by atoms with Gasteiger partial charge >= 0.3 is 0 Å². The lowest BCUT2D eigenvalue weighted by atomic mass is 10.2. The average Bonchev–Trinajstić information content (AvgIpc) is 2.43. The van der Waals surface area contributed by atoms with Gasteiger partial charge in [0.05, 0.1) is 13.7 Å². The number of nitrogens with zero attached hydrogens (tertiary/aromatic N) is 1. The summed E-state index contributed by atoms with van der Waals surface area (Å²) in [6, 6.07) is 8.24. The van der Waals surface area contributed by atoms with E-state index in [0.717, 1.165) is 45.0 Å². The van der Waals surface area contributed by atoms with Gasteiger partial charge in [-0.15, -0.1) is 0 Å². The van der Waals surface area contributed by atoms with Crippen LogP contribution in [-0.2, 0) is 11.3 Å². The summed E-state index contributed by atoms with van der Waals surface area (Å²) in [5.74, 6) is 0.923. The molecule has 0 heterocycles. The Labute approximate surface area is 116 Å². The van der Waals surface area contributed by atoms with Crippen molar-refractivity contribution in [3.8, 4) is 5.75 Å².